The maximum Gasteiger partial charge on any atom is 0.299 e. The summed E-state index contributed by atoms with van der Waals surface area (Å²) in [5, 5.41) is 34.8. The van der Waals surface area contributed by atoms with Crippen molar-refractivity contribution in [2.75, 3.05) is 51.3 Å². The van der Waals surface area contributed by atoms with Gasteiger partial charge in [-0.3, -0.25) is 34.6 Å². The van der Waals surface area contributed by atoms with Gasteiger partial charge in [-0.1, -0.05) is 23.4 Å². The topological polar surface area (TPSA) is 252 Å². The summed E-state index contributed by atoms with van der Waals surface area (Å²) in [6.45, 7) is 20.2. The lowest BCUT2D eigenvalue weighted by Gasteiger charge is -2.39. The number of fused-ring (bicyclic) bond motifs is 1. The molecule has 0 radical (unpaired) electrons. The number of Topliss-reactive ketones (excluding diaryl/α,β-unsaturated/α-hetero) is 1. The Balaban J connectivity index is 0.918. The van der Waals surface area contributed by atoms with Gasteiger partial charge in [0.2, 0.25) is 0 Å². The molecule has 4 heterocycles. The third-order valence-corrected chi connectivity index (χ3v) is 12.7. The summed E-state index contributed by atoms with van der Waals surface area (Å²) >= 11 is 0. The monoisotopic (exact) mass is 982 g/mol. The van der Waals surface area contributed by atoms with Crippen LogP contribution in [0, 0.1) is 20.2 Å². The van der Waals surface area contributed by atoms with E-state index in [0.717, 1.165) is 6.07 Å². The van der Waals surface area contributed by atoms with Crippen molar-refractivity contribution in [1.82, 2.24) is 34.8 Å². The van der Waals surface area contributed by atoms with Gasteiger partial charge in [0, 0.05) is 69.3 Å². The molecule has 382 valence electrons. The number of anilines is 1. The van der Waals surface area contributed by atoms with Gasteiger partial charge >= 0.3 is 0 Å². The van der Waals surface area contributed by atoms with Crippen LogP contribution in [0.2, 0.25) is 0 Å². The Bertz CT molecular complexity index is 2680. The van der Waals surface area contributed by atoms with Gasteiger partial charge in [0.15, 0.2) is 0 Å². The molecular formula is C50H66N10O11. The van der Waals surface area contributed by atoms with E-state index in [0.29, 0.717) is 86.6 Å². The molecule has 0 spiro atoms. The third-order valence-electron chi connectivity index (χ3n) is 12.7. The minimum absolute atomic E-state index is 0.112. The van der Waals surface area contributed by atoms with E-state index in [-0.39, 0.29) is 54.3 Å². The number of ketones is 1. The number of carbonyl (C=O) groups is 3. The first-order valence-electron chi connectivity index (χ1n) is 23.7. The number of nitro benzene ring substituents is 2. The number of aromatic nitrogens is 5. The van der Waals surface area contributed by atoms with Crippen molar-refractivity contribution in [2.24, 2.45) is 0 Å². The second kappa shape index (κ2) is 22.5. The lowest BCUT2D eigenvalue weighted by molar-refractivity contribution is -0.393. The van der Waals surface area contributed by atoms with Crippen molar-refractivity contribution in [1.29, 1.82) is 0 Å². The molecule has 0 saturated carbocycles. The molecule has 21 nitrogen and oxygen atoms in total. The van der Waals surface area contributed by atoms with Crippen molar-refractivity contribution in [2.45, 2.75) is 123 Å². The number of aromatic amines is 1. The molecule has 1 atom stereocenters. The Morgan fingerprint density at radius 2 is 1.51 bits per heavy atom. The minimum Gasteiger partial charge on any atom is -0.493 e. The maximum atomic E-state index is 13.8. The van der Waals surface area contributed by atoms with Gasteiger partial charge < -0.3 is 39.0 Å². The van der Waals surface area contributed by atoms with Gasteiger partial charge in [-0.05, 0) is 106 Å². The van der Waals surface area contributed by atoms with E-state index in [1.54, 1.807) is 29.3 Å². The van der Waals surface area contributed by atoms with E-state index in [9.17, 15) is 34.6 Å². The Kier molecular flexibility index (Phi) is 17.0. The van der Waals surface area contributed by atoms with E-state index in [2.05, 4.69) is 39.4 Å². The normalized spacial score (nSPS) is 14.7. The number of non-ortho nitro benzene ring substituents is 1. The number of carbonyl (C=O) groups excluding carboxylic acids is 3. The average Bonchev–Trinajstić information content (AvgIpc) is 3.99. The summed E-state index contributed by atoms with van der Waals surface area (Å²) in [5.41, 5.74) is -0.812. The molecule has 71 heavy (non-hydrogen) atoms. The molecule has 2 aromatic carbocycles. The molecule has 0 bridgehead atoms. The highest BCUT2D eigenvalue weighted by molar-refractivity contribution is 6.45. The lowest BCUT2D eigenvalue weighted by atomic mass is 10.0. The number of benzene rings is 2. The van der Waals surface area contributed by atoms with E-state index < -0.39 is 43.9 Å². The number of nitrogens with zero attached hydrogens (tertiary/aromatic N) is 8. The van der Waals surface area contributed by atoms with E-state index in [4.69, 9.17) is 18.9 Å². The molecule has 1 aliphatic heterocycles. The van der Waals surface area contributed by atoms with Gasteiger partial charge in [-0.25, -0.2) is 9.67 Å². The smallest absolute Gasteiger partial charge is 0.299 e. The molecule has 6 rings (SSSR count). The molecule has 1 aliphatic rings. The van der Waals surface area contributed by atoms with Crippen LogP contribution in [-0.2, 0) is 31.2 Å². The van der Waals surface area contributed by atoms with Gasteiger partial charge in [0.05, 0.1) is 75.2 Å². The van der Waals surface area contributed by atoms with Crippen LogP contribution in [0.1, 0.15) is 114 Å². The fraction of sp³-hybridized carbons (Fsp3) is 0.520. The number of hydrogen-bond acceptors (Lipinski definition) is 15. The fourth-order valence-electron chi connectivity index (χ4n) is 8.03. The van der Waals surface area contributed by atoms with Crippen LogP contribution < -0.4 is 10.1 Å². The number of ether oxygens (including phenoxy) is 4. The zero-order valence-electron chi connectivity index (χ0n) is 42.1. The lowest BCUT2D eigenvalue weighted by Crippen LogP contribution is -2.56. The SMILES string of the molecule is C[C@@H]1CN(C(=O)c2ccccc2)CCN1C(=O)C(=O)c1c[nH]c2nccc(OCCC(C)(C)OCCC(C)(C)n3cc(COC(C)(C)CCOC(C)(C)CCNc4ccc([N+](=O)[O-])cc4[N+](=O)[O-])nn3)c12. The van der Waals surface area contributed by atoms with Crippen molar-refractivity contribution in [3.8, 4) is 5.75 Å². The average molecular weight is 983 g/mol. The van der Waals surface area contributed by atoms with Gasteiger partial charge in [-0.2, -0.15) is 0 Å². The molecule has 2 amide bonds. The summed E-state index contributed by atoms with van der Waals surface area (Å²) in [4.78, 5) is 72.3. The summed E-state index contributed by atoms with van der Waals surface area (Å²) in [6, 6.07) is 13.8. The largest absolute Gasteiger partial charge is 0.493 e. The van der Waals surface area contributed by atoms with Crippen LogP contribution >= 0.6 is 0 Å². The number of nitro groups is 2. The summed E-state index contributed by atoms with van der Waals surface area (Å²) < 4.78 is 26.8. The molecule has 5 aromatic rings. The second-order valence-corrected chi connectivity index (χ2v) is 20.3. The predicted octanol–water partition coefficient (Wildman–Crippen LogP) is 7.90. The Labute approximate surface area is 412 Å². The molecule has 2 N–H and O–H groups in total. The first-order valence-corrected chi connectivity index (χ1v) is 23.7. The maximum absolute atomic E-state index is 13.8. The van der Waals surface area contributed by atoms with Crippen molar-refractivity contribution in [3.63, 3.8) is 0 Å². The number of pyridine rings is 1. The van der Waals surface area contributed by atoms with Gasteiger partial charge in [0.25, 0.3) is 29.0 Å². The molecule has 21 heteroatoms. The highest BCUT2D eigenvalue weighted by atomic mass is 16.6. The molecule has 3 aromatic heterocycles. The molecule has 1 saturated heterocycles. The zero-order valence-corrected chi connectivity index (χ0v) is 42.1. The van der Waals surface area contributed by atoms with E-state index in [1.165, 1.54) is 23.2 Å². The number of rotatable bonds is 25. The molecule has 0 unspecified atom stereocenters. The third kappa shape index (κ3) is 14.2. The first kappa shape index (κ1) is 53.5. The van der Waals surface area contributed by atoms with E-state index in [1.807, 2.05) is 77.5 Å². The molecular weight excluding hydrogens is 917 g/mol. The number of amides is 2. The number of hydrogen-bond donors (Lipinski definition) is 2. The van der Waals surface area contributed by atoms with Crippen LogP contribution in [0.5, 0.6) is 5.75 Å². The minimum atomic E-state index is -0.681. The van der Waals surface area contributed by atoms with Crippen LogP contribution in [0.4, 0.5) is 17.1 Å². The number of piperazine rings is 1. The highest BCUT2D eigenvalue weighted by Gasteiger charge is 2.35. The van der Waals surface area contributed by atoms with Crippen molar-refractivity contribution < 1.29 is 43.2 Å². The Morgan fingerprint density at radius 3 is 2.20 bits per heavy atom. The van der Waals surface area contributed by atoms with Crippen molar-refractivity contribution >= 4 is 45.7 Å². The standard InChI is InChI=1S/C50H66N10O11/c1-34-31-56(45(62)35-13-11-10-12-14-35)24-25-57(34)46(63)43(61)38-30-53-44-42(38)41(17-22-52-44)68-26-20-49(6,7)69-27-19-47(2,3)58-32-36(54-55-58)33-71-50(8,9)21-28-70-48(4,5)18-23-51-39-16-15-37(59(64)65)29-40(39)60(66)67/h10-17,22,29-30,32,34,51H,18-21,23-28,31,33H2,1-9H3,(H,52,53)/t34-/m1/s1. The summed E-state index contributed by atoms with van der Waals surface area (Å²) in [6.07, 6.45) is 7.18. The quantitative estimate of drug-likeness (QED) is 0.0244. The summed E-state index contributed by atoms with van der Waals surface area (Å²) in [5.74, 6) is -1.02. The Morgan fingerprint density at radius 1 is 0.831 bits per heavy atom. The van der Waals surface area contributed by atoms with Crippen LogP contribution in [-0.4, -0.2) is 131 Å². The van der Waals surface area contributed by atoms with Crippen LogP contribution in [0.3, 0.4) is 0 Å². The van der Waals surface area contributed by atoms with Gasteiger partial charge in [-0.15, -0.1) is 5.10 Å². The van der Waals surface area contributed by atoms with Crippen LogP contribution in [0.25, 0.3) is 11.0 Å². The Hall–Kier alpha value is -6.84. The molecule has 0 aliphatic carbocycles. The number of nitrogens with one attached hydrogen (secondary N) is 2. The van der Waals surface area contributed by atoms with Crippen LogP contribution in [0.15, 0.2) is 73.2 Å². The fourth-order valence-corrected chi connectivity index (χ4v) is 8.03. The highest BCUT2D eigenvalue weighted by Crippen LogP contribution is 2.32. The first-order chi connectivity index (χ1) is 33.5. The predicted molar refractivity (Wildman–Crippen MR) is 264 cm³/mol. The number of H-pyrrole nitrogens is 1. The van der Waals surface area contributed by atoms with Crippen molar-refractivity contribution in [3.05, 3.63) is 110 Å². The van der Waals surface area contributed by atoms with E-state index >= 15 is 0 Å². The summed E-state index contributed by atoms with van der Waals surface area (Å²) in [7, 11) is 0. The van der Waals surface area contributed by atoms with Gasteiger partial charge in [0.1, 0.15) is 22.8 Å². The second-order valence-electron chi connectivity index (χ2n) is 20.3. The molecule has 1 fully saturated rings. The zero-order chi connectivity index (χ0) is 51.7.